The van der Waals surface area contributed by atoms with Crippen LogP contribution in [0.1, 0.15) is 30.5 Å². The highest BCUT2D eigenvalue weighted by molar-refractivity contribution is 5.33. The lowest BCUT2D eigenvalue weighted by atomic mass is 10.1. The molecular formula is C18H23NO. The Labute approximate surface area is 121 Å². The van der Waals surface area contributed by atoms with Crippen molar-refractivity contribution in [2.24, 2.45) is 0 Å². The Bertz CT molecular complexity index is 536. The summed E-state index contributed by atoms with van der Waals surface area (Å²) in [6, 6.07) is 16.8. The van der Waals surface area contributed by atoms with E-state index in [4.69, 9.17) is 4.74 Å². The summed E-state index contributed by atoms with van der Waals surface area (Å²) in [6.45, 7) is 6.80. The van der Waals surface area contributed by atoms with E-state index in [-0.39, 0.29) is 0 Å². The largest absolute Gasteiger partial charge is 0.489 e. The highest BCUT2D eigenvalue weighted by Gasteiger charge is 2.02. The first-order valence-electron chi connectivity index (χ1n) is 7.32. The number of para-hydroxylation sites is 1. The fraction of sp³-hybridized carbons (Fsp3) is 0.333. The molecule has 2 aromatic rings. The summed E-state index contributed by atoms with van der Waals surface area (Å²) in [5.74, 6) is 0.993. The van der Waals surface area contributed by atoms with Crippen LogP contribution >= 0.6 is 0 Å². The molecule has 2 nitrogen and oxygen atoms in total. The Kier molecular flexibility index (Phi) is 5.63. The molecule has 20 heavy (non-hydrogen) atoms. The van der Waals surface area contributed by atoms with Crippen LogP contribution in [-0.2, 0) is 19.6 Å². The smallest absolute Gasteiger partial charge is 0.122 e. The lowest BCUT2D eigenvalue weighted by Crippen LogP contribution is -2.11. The third-order valence-corrected chi connectivity index (χ3v) is 3.32. The number of rotatable bonds is 7. The number of aryl methyl sites for hydroxylation is 1. The van der Waals surface area contributed by atoms with Gasteiger partial charge in [-0.1, -0.05) is 56.3 Å². The van der Waals surface area contributed by atoms with Gasteiger partial charge in [0.2, 0.25) is 0 Å². The van der Waals surface area contributed by atoms with Crippen LogP contribution in [0, 0.1) is 0 Å². The van der Waals surface area contributed by atoms with Crippen LogP contribution in [0.4, 0.5) is 0 Å². The van der Waals surface area contributed by atoms with Gasteiger partial charge in [0.15, 0.2) is 0 Å². The molecule has 0 aromatic heterocycles. The summed E-state index contributed by atoms with van der Waals surface area (Å²) in [4.78, 5) is 0. The highest BCUT2D eigenvalue weighted by Crippen LogP contribution is 2.19. The van der Waals surface area contributed by atoms with E-state index < -0.39 is 0 Å². The van der Waals surface area contributed by atoms with Gasteiger partial charge in [0.1, 0.15) is 12.4 Å². The van der Waals surface area contributed by atoms with Crippen molar-refractivity contribution in [1.82, 2.24) is 5.32 Å². The second-order valence-corrected chi connectivity index (χ2v) is 4.85. The van der Waals surface area contributed by atoms with Gasteiger partial charge in [-0.3, -0.25) is 0 Å². The molecule has 2 aromatic carbocycles. The summed E-state index contributed by atoms with van der Waals surface area (Å²) in [7, 11) is 0. The zero-order chi connectivity index (χ0) is 14.2. The van der Waals surface area contributed by atoms with Crippen molar-refractivity contribution in [3.63, 3.8) is 0 Å². The second kappa shape index (κ2) is 7.71. The van der Waals surface area contributed by atoms with E-state index in [1.807, 2.05) is 12.1 Å². The van der Waals surface area contributed by atoms with Gasteiger partial charge in [0, 0.05) is 6.54 Å². The Morgan fingerprint density at radius 3 is 2.55 bits per heavy atom. The van der Waals surface area contributed by atoms with Gasteiger partial charge < -0.3 is 10.1 Å². The summed E-state index contributed by atoms with van der Waals surface area (Å²) < 4.78 is 5.95. The van der Waals surface area contributed by atoms with Crippen LogP contribution in [0.25, 0.3) is 0 Å². The Hall–Kier alpha value is -1.80. The predicted molar refractivity (Wildman–Crippen MR) is 84.0 cm³/mol. The van der Waals surface area contributed by atoms with Crippen LogP contribution in [0.2, 0.25) is 0 Å². The fourth-order valence-electron chi connectivity index (χ4n) is 2.20. The monoisotopic (exact) mass is 269 g/mol. The van der Waals surface area contributed by atoms with Crippen molar-refractivity contribution in [2.75, 3.05) is 6.54 Å². The highest BCUT2D eigenvalue weighted by atomic mass is 16.5. The van der Waals surface area contributed by atoms with Gasteiger partial charge in [-0.25, -0.2) is 0 Å². The molecule has 0 saturated heterocycles. The standard InChI is InChI=1S/C18H23NO/c1-3-17-10-5-6-11-18(17)20-14-16-9-7-8-15(12-16)13-19-4-2/h5-12,19H,3-4,13-14H2,1-2H3. The maximum Gasteiger partial charge on any atom is 0.122 e. The Balaban J connectivity index is 1.99. The minimum Gasteiger partial charge on any atom is -0.489 e. The van der Waals surface area contributed by atoms with Crippen LogP contribution in [0.15, 0.2) is 48.5 Å². The van der Waals surface area contributed by atoms with E-state index in [2.05, 4.69) is 55.6 Å². The van der Waals surface area contributed by atoms with Crippen LogP contribution in [-0.4, -0.2) is 6.54 Å². The van der Waals surface area contributed by atoms with Crippen molar-refractivity contribution in [3.05, 3.63) is 65.2 Å². The molecule has 0 spiro atoms. The molecule has 0 saturated carbocycles. The molecule has 0 aliphatic rings. The normalized spacial score (nSPS) is 10.5. The molecule has 0 aliphatic carbocycles. The van der Waals surface area contributed by atoms with E-state index in [0.29, 0.717) is 6.61 Å². The van der Waals surface area contributed by atoms with E-state index in [0.717, 1.165) is 25.3 Å². The SMILES string of the molecule is CCNCc1cccc(COc2ccccc2CC)c1. The summed E-state index contributed by atoms with van der Waals surface area (Å²) >= 11 is 0. The summed E-state index contributed by atoms with van der Waals surface area (Å²) in [6.07, 6.45) is 0.997. The van der Waals surface area contributed by atoms with Gasteiger partial charge in [0.25, 0.3) is 0 Å². The molecule has 0 heterocycles. The Morgan fingerprint density at radius 2 is 1.75 bits per heavy atom. The summed E-state index contributed by atoms with van der Waals surface area (Å²) in [5.41, 5.74) is 3.78. The van der Waals surface area contributed by atoms with E-state index in [1.165, 1.54) is 16.7 Å². The van der Waals surface area contributed by atoms with Gasteiger partial charge in [-0.05, 0) is 35.7 Å². The molecule has 0 bridgehead atoms. The number of ether oxygens (including phenoxy) is 1. The van der Waals surface area contributed by atoms with E-state index >= 15 is 0 Å². The van der Waals surface area contributed by atoms with E-state index in [9.17, 15) is 0 Å². The van der Waals surface area contributed by atoms with Crippen molar-refractivity contribution < 1.29 is 4.74 Å². The molecule has 0 fully saturated rings. The maximum atomic E-state index is 5.95. The zero-order valence-electron chi connectivity index (χ0n) is 12.4. The maximum absolute atomic E-state index is 5.95. The Morgan fingerprint density at radius 1 is 0.950 bits per heavy atom. The third-order valence-electron chi connectivity index (χ3n) is 3.32. The molecule has 0 radical (unpaired) electrons. The van der Waals surface area contributed by atoms with Gasteiger partial charge in [-0.15, -0.1) is 0 Å². The molecule has 0 amide bonds. The van der Waals surface area contributed by atoms with Gasteiger partial charge >= 0.3 is 0 Å². The number of hydrogen-bond donors (Lipinski definition) is 1. The van der Waals surface area contributed by atoms with Crippen LogP contribution in [0.5, 0.6) is 5.75 Å². The van der Waals surface area contributed by atoms with Crippen LogP contribution < -0.4 is 10.1 Å². The number of hydrogen-bond acceptors (Lipinski definition) is 2. The van der Waals surface area contributed by atoms with Crippen molar-refractivity contribution >= 4 is 0 Å². The average molecular weight is 269 g/mol. The van der Waals surface area contributed by atoms with Gasteiger partial charge in [0.05, 0.1) is 0 Å². The second-order valence-electron chi connectivity index (χ2n) is 4.85. The molecule has 2 rings (SSSR count). The first kappa shape index (κ1) is 14.6. The first-order chi connectivity index (χ1) is 9.83. The molecule has 106 valence electrons. The molecule has 0 atom stereocenters. The number of nitrogens with one attached hydrogen (secondary N) is 1. The lowest BCUT2D eigenvalue weighted by molar-refractivity contribution is 0.303. The average Bonchev–Trinajstić information content (AvgIpc) is 2.51. The lowest BCUT2D eigenvalue weighted by Gasteiger charge is -2.11. The third kappa shape index (κ3) is 4.10. The molecule has 2 heteroatoms. The molecular weight excluding hydrogens is 246 g/mol. The molecule has 0 unspecified atom stereocenters. The number of benzene rings is 2. The van der Waals surface area contributed by atoms with Crippen molar-refractivity contribution in [3.8, 4) is 5.75 Å². The van der Waals surface area contributed by atoms with Crippen LogP contribution in [0.3, 0.4) is 0 Å². The first-order valence-corrected chi connectivity index (χ1v) is 7.32. The van der Waals surface area contributed by atoms with Gasteiger partial charge in [-0.2, -0.15) is 0 Å². The predicted octanol–water partition coefficient (Wildman–Crippen LogP) is 3.94. The van der Waals surface area contributed by atoms with E-state index in [1.54, 1.807) is 0 Å². The van der Waals surface area contributed by atoms with Crippen molar-refractivity contribution in [1.29, 1.82) is 0 Å². The molecule has 1 N–H and O–H groups in total. The minimum atomic E-state index is 0.622. The fourth-order valence-corrected chi connectivity index (χ4v) is 2.20. The quantitative estimate of drug-likeness (QED) is 0.822. The van der Waals surface area contributed by atoms with Crippen molar-refractivity contribution in [2.45, 2.75) is 33.4 Å². The molecule has 0 aliphatic heterocycles. The topological polar surface area (TPSA) is 21.3 Å². The summed E-state index contributed by atoms with van der Waals surface area (Å²) in [5, 5.41) is 3.34. The minimum absolute atomic E-state index is 0.622. The zero-order valence-corrected chi connectivity index (χ0v) is 12.4.